The van der Waals surface area contributed by atoms with Gasteiger partial charge in [-0.25, -0.2) is 0 Å². The number of rotatable bonds is 7. The normalized spacial score (nSPS) is 23.9. The molecule has 2 saturated heterocycles. The smallest absolute Gasteiger partial charge is 0.193 e. The first kappa shape index (κ1) is 20.5. The van der Waals surface area contributed by atoms with E-state index in [0.717, 1.165) is 64.4 Å². The molecule has 0 aromatic carbocycles. The third kappa shape index (κ3) is 7.50. The quantitative estimate of drug-likeness (QED) is 0.557. The molecule has 0 aliphatic carbocycles. The maximum atomic E-state index is 5.93. The molecule has 1 N–H and O–H groups in total. The summed E-state index contributed by atoms with van der Waals surface area (Å²) in [7, 11) is 3.99. The lowest BCUT2D eigenvalue weighted by Crippen LogP contribution is -2.50. The third-order valence-electron chi connectivity index (χ3n) is 5.12. The highest BCUT2D eigenvalue weighted by molar-refractivity contribution is 5.79. The summed E-state index contributed by atoms with van der Waals surface area (Å²) in [5.41, 5.74) is 0. The van der Waals surface area contributed by atoms with E-state index < -0.39 is 0 Å². The van der Waals surface area contributed by atoms with Gasteiger partial charge in [0.1, 0.15) is 0 Å². The number of aliphatic imine (C=N–C) groups is 1. The Bertz CT molecular complexity index is 397. The van der Waals surface area contributed by atoms with Crippen molar-refractivity contribution in [2.24, 2.45) is 16.8 Å². The average molecular weight is 355 g/mol. The minimum atomic E-state index is 0.244. The van der Waals surface area contributed by atoms with Crippen LogP contribution in [0.15, 0.2) is 4.99 Å². The number of hydrogen-bond acceptors (Lipinski definition) is 4. The lowest BCUT2D eigenvalue weighted by atomic mass is 9.96. The second kappa shape index (κ2) is 11.0. The van der Waals surface area contributed by atoms with Gasteiger partial charge < -0.3 is 19.7 Å². The van der Waals surface area contributed by atoms with Crippen LogP contribution in [0.4, 0.5) is 0 Å². The van der Waals surface area contributed by atoms with Gasteiger partial charge in [0, 0.05) is 60.0 Å². The Morgan fingerprint density at radius 3 is 2.72 bits per heavy atom. The van der Waals surface area contributed by atoms with Gasteiger partial charge in [0.25, 0.3) is 0 Å². The SMILES string of the molecule is CN=C(NCC1CN(CC(C)C)CCO1)N(C)CCC1CCOCC1. The number of ether oxygens (including phenoxy) is 2. The molecule has 1 atom stereocenters. The van der Waals surface area contributed by atoms with Crippen molar-refractivity contribution in [3.8, 4) is 0 Å². The summed E-state index contributed by atoms with van der Waals surface area (Å²) in [4.78, 5) is 9.19. The first-order valence-electron chi connectivity index (χ1n) is 9.92. The fraction of sp³-hybridized carbons (Fsp3) is 0.947. The maximum Gasteiger partial charge on any atom is 0.193 e. The highest BCUT2D eigenvalue weighted by atomic mass is 16.5. The number of hydrogen-bond donors (Lipinski definition) is 1. The Morgan fingerprint density at radius 1 is 1.28 bits per heavy atom. The van der Waals surface area contributed by atoms with E-state index >= 15 is 0 Å². The van der Waals surface area contributed by atoms with Crippen molar-refractivity contribution in [2.45, 2.75) is 39.2 Å². The molecule has 2 rings (SSSR count). The predicted octanol–water partition coefficient (Wildman–Crippen LogP) is 1.67. The van der Waals surface area contributed by atoms with Crippen molar-refractivity contribution >= 4 is 5.96 Å². The number of nitrogens with one attached hydrogen (secondary N) is 1. The van der Waals surface area contributed by atoms with E-state index in [1.807, 2.05) is 7.05 Å². The van der Waals surface area contributed by atoms with Crippen LogP contribution >= 0.6 is 0 Å². The molecule has 0 aromatic heterocycles. The van der Waals surface area contributed by atoms with Gasteiger partial charge in [-0.2, -0.15) is 0 Å². The molecule has 1 unspecified atom stereocenters. The highest BCUT2D eigenvalue weighted by Gasteiger charge is 2.22. The van der Waals surface area contributed by atoms with Gasteiger partial charge in [-0.3, -0.25) is 9.89 Å². The van der Waals surface area contributed by atoms with Gasteiger partial charge >= 0.3 is 0 Å². The average Bonchev–Trinajstić information content (AvgIpc) is 2.61. The molecule has 0 amide bonds. The number of morpholine rings is 1. The van der Waals surface area contributed by atoms with E-state index in [4.69, 9.17) is 9.47 Å². The summed E-state index contributed by atoms with van der Waals surface area (Å²) >= 11 is 0. The molecule has 6 heteroatoms. The van der Waals surface area contributed by atoms with Crippen LogP contribution in [0.25, 0.3) is 0 Å². The Hall–Kier alpha value is -0.850. The zero-order chi connectivity index (χ0) is 18.1. The van der Waals surface area contributed by atoms with Gasteiger partial charge in [-0.15, -0.1) is 0 Å². The molecule has 0 radical (unpaired) electrons. The minimum absolute atomic E-state index is 0.244. The second-order valence-electron chi connectivity index (χ2n) is 7.84. The minimum Gasteiger partial charge on any atom is -0.381 e. The van der Waals surface area contributed by atoms with Crippen LogP contribution in [0, 0.1) is 11.8 Å². The summed E-state index contributed by atoms with van der Waals surface area (Å²) in [5, 5.41) is 3.50. The van der Waals surface area contributed by atoms with Gasteiger partial charge in [0.05, 0.1) is 12.7 Å². The predicted molar refractivity (Wildman–Crippen MR) is 103 cm³/mol. The van der Waals surface area contributed by atoms with Crippen molar-refractivity contribution in [2.75, 3.05) is 66.6 Å². The van der Waals surface area contributed by atoms with Crippen LogP contribution in [-0.2, 0) is 9.47 Å². The van der Waals surface area contributed by atoms with Crippen LogP contribution in [-0.4, -0.2) is 88.5 Å². The zero-order valence-electron chi connectivity index (χ0n) is 16.7. The molecule has 2 heterocycles. The molecule has 0 saturated carbocycles. The molecule has 25 heavy (non-hydrogen) atoms. The van der Waals surface area contributed by atoms with E-state index in [1.54, 1.807) is 0 Å². The lowest BCUT2D eigenvalue weighted by molar-refractivity contribution is -0.0286. The van der Waals surface area contributed by atoms with E-state index in [2.05, 4.69) is 41.0 Å². The molecule has 2 aliphatic rings. The molecule has 0 bridgehead atoms. The lowest BCUT2D eigenvalue weighted by Gasteiger charge is -2.34. The van der Waals surface area contributed by atoms with E-state index in [9.17, 15) is 0 Å². The van der Waals surface area contributed by atoms with Crippen molar-refractivity contribution in [3.05, 3.63) is 0 Å². The topological polar surface area (TPSA) is 49.3 Å². The molecule has 6 nitrogen and oxygen atoms in total. The summed E-state index contributed by atoms with van der Waals surface area (Å²) < 4.78 is 11.4. The van der Waals surface area contributed by atoms with Crippen molar-refractivity contribution in [1.82, 2.24) is 15.1 Å². The van der Waals surface area contributed by atoms with Crippen molar-refractivity contribution in [1.29, 1.82) is 0 Å². The molecule has 2 fully saturated rings. The fourth-order valence-electron chi connectivity index (χ4n) is 3.69. The first-order valence-corrected chi connectivity index (χ1v) is 9.92. The van der Waals surface area contributed by atoms with E-state index in [-0.39, 0.29) is 6.10 Å². The van der Waals surface area contributed by atoms with Crippen molar-refractivity contribution < 1.29 is 9.47 Å². The summed E-state index contributed by atoms with van der Waals surface area (Å²) in [6.45, 7) is 12.3. The summed E-state index contributed by atoms with van der Waals surface area (Å²) in [5.74, 6) is 2.47. The Labute approximate surface area is 153 Å². The van der Waals surface area contributed by atoms with Crippen LogP contribution in [0.2, 0.25) is 0 Å². The molecular formula is C19H38N4O2. The first-order chi connectivity index (χ1) is 12.1. The third-order valence-corrected chi connectivity index (χ3v) is 5.12. The molecule has 0 spiro atoms. The standard InChI is InChI=1S/C19H38N4O2/c1-16(2)14-23-9-12-25-18(15-23)13-21-19(20-3)22(4)8-5-17-6-10-24-11-7-17/h16-18H,5-15H2,1-4H3,(H,20,21). The molecule has 0 aromatic rings. The van der Waals surface area contributed by atoms with Crippen LogP contribution < -0.4 is 5.32 Å². The van der Waals surface area contributed by atoms with Gasteiger partial charge in [-0.05, 0) is 31.1 Å². The number of guanidine groups is 1. The molecular weight excluding hydrogens is 316 g/mol. The zero-order valence-corrected chi connectivity index (χ0v) is 16.7. The van der Waals surface area contributed by atoms with E-state index in [0.29, 0.717) is 5.92 Å². The fourth-order valence-corrected chi connectivity index (χ4v) is 3.69. The van der Waals surface area contributed by atoms with E-state index in [1.165, 1.54) is 19.3 Å². The Morgan fingerprint density at radius 2 is 2.04 bits per heavy atom. The van der Waals surface area contributed by atoms with Gasteiger partial charge in [0.15, 0.2) is 5.96 Å². The number of nitrogens with zero attached hydrogens (tertiary/aromatic N) is 3. The van der Waals surface area contributed by atoms with Gasteiger partial charge in [-0.1, -0.05) is 13.8 Å². The van der Waals surface area contributed by atoms with Crippen LogP contribution in [0.1, 0.15) is 33.1 Å². The van der Waals surface area contributed by atoms with Crippen LogP contribution in [0.5, 0.6) is 0 Å². The summed E-state index contributed by atoms with van der Waals surface area (Å²) in [6, 6.07) is 0. The maximum absolute atomic E-state index is 5.93. The largest absolute Gasteiger partial charge is 0.381 e. The van der Waals surface area contributed by atoms with Crippen LogP contribution in [0.3, 0.4) is 0 Å². The molecule has 2 aliphatic heterocycles. The molecule has 146 valence electrons. The highest BCUT2D eigenvalue weighted by Crippen LogP contribution is 2.18. The van der Waals surface area contributed by atoms with Gasteiger partial charge in [0.2, 0.25) is 0 Å². The Kier molecular flexibility index (Phi) is 8.99. The summed E-state index contributed by atoms with van der Waals surface area (Å²) in [6.07, 6.45) is 3.85. The monoisotopic (exact) mass is 354 g/mol. The van der Waals surface area contributed by atoms with Crippen molar-refractivity contribution in [3.63, 3.8) is 0 Å². The second-order valence-corrected chi connectivity index (χ2v) is 7.84. The Balaban J connectivity index is 1.69.